The van der Waals surface area contributed by atoms with Gasteiger partial charge in [-0.05, 0) is 25.7 Å². The van der Waals surface area contributed by atoms with Crippen LogP contribution in [-0.2, 0) is 19.1 Å². The number of rotatable bonds is 19. The number of aliphatic hydroxyl groups is 2. The number of hydrogen-bond acceptors (Lipinski definition) is 6. The zero-order valence-electron chi connectivity index (χ0n) is 17.6. The van der Waals surface area contributed by atoms with Gasteiger partial charge in [-0.1, -0.05) is 57.6 Å². The molecule has 0 saturated carbocycles. The van der Waals surface area contributed by atoms with Crippen LogP contribution in [0, 0.1) is 5.92 Å². The van der Waals surface area contributed by atoms with Gasteiger partial charge >= 0.3 is 11.9 Å². The molecule has 0 aliphatic rings. The molecule has 0 aliphatic carbocycles. The molecule has 0 rings (SSSR count). The van der Waals surface area contributed by atoms with Crippen LogP contribution in [0.4, 0.5) is 0 Å². The fourth-order valence-electron chi connectivity index (χ4n) is 2.60. The number of esters is 2. The second kappa shape index (κ2) is 20.3. The molecule has 6 nitrogen and oxygen atoms in total. The molecule has 0 fully saturated rings. The van der Waals surface area contributed by atoms with Gasteiger partial charge in [0.25, 0.3) is 0 Å². The SMILES string of the molecule is CCCCCC/C=C\COC(=O)CCCCCCCC(=O)OCC(CO)CO. The van der Waals surface area contributed by atoms with Crippen molar-refractivity contribution in [3.05, 3.63) is 12.2 Å². The quantitative estimate of drug-likeness (QED) is 0.194. The number of carbonyl (C=O) groups excluding carboxylic acids is 2. The molecule has 0 radical (unpaired) electrons. The van der Waals surface area contributed by atoms with E-state index in [1.807, 2.05) is 6.08 Å². The third kappa shape index (κ3) is 18.0. The first-order valence-electron chi connectivity index (χ1n) is 10.8. The molecule has 0 atom stereocenters. The molecule has 0 bridgehead atoms. The number of hydrogen-bond donors (Lipinski definition) is 2. The highest BCUT2D eigenvalue weighted by Crippen LogP contribution is 2.09. The molecule has 0 amide bonds. The van der Waals surface area contributed by atoms with Gasteiger partial charge in [-0.15, -0.1) is 0 Å². The number of aliphatic hydroxyl groups excluding tert-OH is 2. The Balaban J connectivity index is 3.42. The molecular weight excluding hydrogens is 360 g/mol. The second-order valence-corrected chi connectivity index (χ2v) is 7.19. The molecule has 164 valence electrons. The molecule has 0 aliphatic heterocycles. The summed E-state index contributed by atoms with van der Waals surface area (Å²) in [6.07, 6.45) is 15.2. The molecule has 2 N–H and O–H groups in total. The predicted octanol–water partition coefficient (Wildman–Crippen LogP) is 3.93. The van der Waals surface area contributed by atoms with E-state index in [-0.39, 0.29) is 31.8 Å². The topological polar surface area (TPSA) is 93.1 Å². The van der Waals surface area contributed by atoms with Gasteiger partial charge in [0.15, 0.2) is 0 Å². The smallest absolute Gasteiger partial charge is 0.306 e. The number of unbranched alkanes of at least 4 members (excludes halogenated alkanes) is 8. The Labute approximate surface area is 170 Å². The molecule has 0 aromatic heterocycles. The van der Waals surface area contributed by atoms with E-state index in [1.54, 1.807) is 0 Å². The largest absolute Gasteiger partial charge is 0.465 e. The van der Waals surface area contributed by atoms with Gasteiger partial charge in [0.2, 0.25) is 0 Å². The normalized spacial score (nSPS) is 11.3. The Kier molecular flexibility index (Phi) is 19.3. The Hall–Kier alpha value is -1.40. The monoisotopic (exact) mass is 400 g/mol. The standard InChI is InChI=1S/C22H40O6/c1-2-3-4-5-6-10-13-16-27-21(25)14-11-8-7-9-12-15-22(26)28-19-20(17-23)18-24/h10,13,20,23-24H,2-9,11-12,14-19H2,1H3/b13-10-. The predicted molar refractivity (Wildman–Crippen MR) is 110 cm³/mol. The summed E-state index contributed by atoms with van der Waals surface area (Å²) in [4.78, 5) is 23.1. The molecule has 0 aromatic rings. The van der Waals surface area contributed by atoms with Crippen molar-refractivity contribution in [1.29, 1.82) is 0 Å². The average molecular weight is 401 g/mol. The van der Waals surface area contributed by atoms with Gasteiger partial charge in [-0.25, -0.2) is 0 Å². The summed E-state index contributed by atoms with van der Waals surface area (Å²) in [5.74, 6) is -0.847. The van der Waals surface area contributed by atoms with Crippen molar-refractivity contribution in [2.24, 2.45) is 5.92 Å². The van der Waals surface area contributed by atoms with Crippen molar-refractivity contribution in [3.63, 3.8) is 0 Å². The van der Waals surface area contributed by atoms with E-state index in [0.717, 1.165) is 38.5 Å². The minimum absolute atomic E-state index is 0.0575. The summed E-state index contributed by atoms with van der Waals surface area (Å²) in [6, 6.07) is 0. The minimum atomic E-state index is -0.398. The zero-order valence-corrected chi connectivity index (χ0v) is 17.6. The van der Waals surface area contributed by atoms with E-state index in [9.17, 15) is 9.59 Å². The maximum Gasteiger partial charge on any atom is 0.306 e. The highest BCUT2D eigenvalue weighted by atomic mass is 16.5. The summed E-state index contributed by atoms with van der Waals surface area (Å²) < 4.78 is 10.2. The first-order valence-corrected chi connectivity index (χ1v) is 10.8. The highest BCUT2D eigenvalue weighted by molar-refractivity contribution is 5.69. The maximum absolute atomic E-state index is 11.6. The molecule has 0 spiro atoms. The average Bonchev–Trinajstić information content (AvgIpc) is 2.70. The Morgan fingerprint density at radius 1 is 0.786 bits per heavy atom. The van der Waals surface area contributed by atoms with Gasteiger partial charge in [0, 0.05) is 18.8 Å². The number of allylic oxidation sites excluding steroid dienone is 1. The molecular formula is C22H40O6. The van der Waals surface area contributed by atoms with Crippen LogP contribution in [0.2, 0.25) is 0 Å². The second-order valence-electron chi connectivity index (χ2n) is 7.19. The summed E-state index contributed by atoms with van der Waals surface area (Å²) in [5, 5.41) is 17.8. The summed E-state index contributed by atoms with van der Waals surface area (Å²) in [5.41, 5.74) is 0. The van der Waals surface area contributed by atoms with E-state index < -0.39 is 5.92 Å². The van der Waals surface area contributed by atoms with Crippen LogP contribution in [0.1, 0.15) is 84.0 Å². The van der Waals surface area contributed by atoms with Crippen molar-refractivity contribution >= 4 is 11.9 Å². The molecule has 0 unspecified atom stereocenters. The summed E-state index contributed by atoms with van der Waals surface area (Å²) in [6.45, 7) is 2.23. The fraction of sp³-hybridized carbons (Fsp3) is 0.818. The van der Waals surface area contributed by atoms with E-state index in [4.69, 9.17) is 19.7 Å². The van der Waals surface area contributed by atoms with E-state index in [1.165, 1.54) is 25.7 Å². The Bertz CT molecular complexity index is 404. The van der Waals surface area contributed by atoms with Crippen LogP contribution in [0.5, 0.6) is 0 Å². The molecule has 6 heteroatoms. The molecule has 0 heterocycles. The highest BCUT2D eigenvalue weighted by Gasteiger charge is 2.09. The molecule has 28 heavy (non-hydrogen) atoms. The van der Waals surface area contributed by atoms with Crippen LogP contribution >= 0.6 is 0 Å². The lowest BCUT2D eigenvalue weighted by Gasteiger charge is -2.11. The van der Waals surface area contributed by atoms with Crippen LogP contribution in [0.3, 0.4) is 0 Å². The van der Waals surface area contributed by atoms with E-state index in [2.05, 4.69) is 13.0 Å². The van der Waals surface area contributed by atoms with Gasteiger partial charge in [-0.2, -0.15) is 0 Å². The van der Waals surface area contributed by atoms with Crippen LogP contribution < -0.4 is 0 Å². The Morgan fingerprint density at radius 2 is 1.36 bits per heavy atom. The van der Waals surface area contributed by atoms with Crippen LogP contribution in [0.25, 0.3) is 0 Å². The third-order valence-corrected chi connectivity index (χ3v) is 4.49. The van der Waals surface area contributed by atoms with Crippen LogP contribution in [0.15, 0.2) is 12.2 Å². The lowest BCUT2D eigenvalue weighted by atomic mass is 10.1. The summed E-state index contributed by atoms with van der Waals surface area (Å²) >= 11 is 0. The van der Waals surface area contributed by atoms with Gasteiger partial charge in [0.1, 0.15) is 6.61 Å². The van der Waals surface area contributed by atoms with Crippen molar-refractivity contribution in [2.45, 2.75) is 84.0 Å². The molecule has 0 saturated heterocycles. The first kappa shape index (κ1) is 26.6. The van der Waals surface area contributed by atoms with Crippen LogP contribution in [-0.4, -0.2) is 48.6 Å². The third-order valence-electron chi connectivity index (χ3n) is 4.49. The van der Waals surface area contributed by atoms with Gasteiger partial charge in [-0.3, -0.25) is 9.59 Å². The van der Waals surface area contributed by atoms with Gasteiger partial charge in [0.05, 0.1) is 19.8 Å². The van der Waals surface area contributed by atoms with Crippen molar-refractivity contribution in [3.8, 4) is 0 Å². The van der Waals surface area contributed by atoms with Crippen molar-refractivity contribution < 1.29 is 29.3 Å². The molecule has 0 aromatic carbocycles. The lowest BCUT2D eigenvalue weighted by molar-refractivity contribution is -0.146. The lowest BCUT2D eigenvalue weighted by Crippen LogP contribution is -2.20. The van der Waals surface area contributed by atoms with Gasteiger partial charge < -0.3 is 19.7 Å². The first-order chi connectivity index (χ1) is 13.6. The zero-order chi connectivity index (χ0) is 20.9. The maximum atomic E-state index is 11.6. The van der Waals surface area contributed by atoms with Crippen molar-refractivity contribution in [2.75, 3.05) is 26.4 Å². The fourth-order valence-corrected chi connectivity index (χ4v) is 2.60. The summed E-state index contributed by atoms with van der Waals surface area (Å²) in [7, 11) is 0. The van der Waals surface area contributed by atoms with E-state index >= 15 is 0 Å². The van der Waals surface area contributed by atoms with E-state index in [0.29, 0.717) is 19.4 Å². The number of carbonyl (C=O) groups is 2. The van der Waals surface area contributed by atoms with Crippen molar-refractivity contribution in [1.82, 2.24) is 0 Å². The number of ether oxygens (including phenoxy) is 2. The minimum Gasteiger partial charge on any atom is -0.465 e. The Morgan fingerprint density at radius 3 is 1.96 bits per heavy atom.